The first-order chi connectivity index (χ1) is 8.20. The lowest BCUT2D eigenvalue weighted by atomic mass is 10.0. The summed E-state index contributed by atoms with van der Waals surface area (Å²) in [5.74, 6) is 0.276. The maximum absolute atomic E-state index is 9.89. The molecule has 3 N–H and O–H groups in total. The Bertz CT molecular complexity index is 524. The van der Waals surface area contributed by atoms with Gasteiger partial charge in [0.15, 0.2) is 0 Å². The fourth-order valence-electron chi connectivity index (χ4n) is 1.84. The number of aromatic nitrogens is 1. The van der Waals surface area contributed by atoms with E-state index in [1.165, 1.54) is 0 Å². The first kappa shape index (κ1) is 14.2. The lowest BCUT2D eigenvalue weighted by molar-refractivity contribution is 0.477. The molecule has 3 heteroatoms. The van der Waals surface area contributed by atoms with Gasteiger partial charge in [0.05, 0.1) is 0 Å². The van der Waals surface area contributed by atoms with E-state index < -0.39 is 0 Å². The zero-order valence-electron chi connectivity index (χ0n) is 9.85. The smallest absolute Gasteiger partial charge is 0.123 e. The molecule has 96 valence electrons. The minimum Gasteiger partial charge on any atom is -0.507 e. The monoisotopic (exact) mass is 244 g/mol. The molecular formula is C15H20N2O. The Morgan fingerprint density at radius 1 is 1.22 bits per heavy atom. The number of hydrogen-bond donors (Lipinski definition) is 2. The molecule has 0 aliphatic heterocycles. The van der Waals surface area contributed by atoms with Crippen molar-refractivity contribution in [3.05, 3.63) is 47.8 Å². The van der Waals surface area contributed by atoms with Gasteiger partial charge in [-0.15, -0.1) is 0 Å². The van der Waals surface area contributed by atoms with Crippen LogP contribution in [0.5, 0.6) is 5.75 Å². The summed E-state index contributed by atoms with van der Waals surface area (Å²) >= 11 is 0. The first-order valence-corrected chi connectivity index (χ1v) is 5.64. The summed E-state index contributed by atoms with van der Waals surface area (Å²) < 4.78 is 0. The Hall–Kier alpha value is -1.87. The van der Waals surface area contributed by atoms with Crippen molar-refractivity contribution in [3.8, 4) is 16.9 Å². The van der Waals surface area contributed by atoms with Crippen LogP contribution in [0.15, 0.2) is 36.7 Å². The van der Waals surface area contributed by atoms with Gasteiger partial charge in [0.1, 0.15) is 5.75 Å². The molecule has 0 bridgehead atoms. The van der Waals surface area contributed by atoms with Gasteiger partial charge in [0.25, 0.3) is 0 Å². The van der Waals surface area contributed by atoms with Crippen LogP contribution in [0.25, 0.3) is 11.1 Å². The maximum atomic E-state index is 9.89. The number of nitrogens with zero attached hydrogens (tertiary/aromatic N) is 1. The van der Waals surface area contributed by atoms with Crippen LogP contribution in [-0.2, 0) is 6.42 Å². The average Bonchev–Trinajstić information content (AvgIpc) is 2.32. The topological polar surface area (TPSA) is 59.1 Å². The predicted octanol–water partition coefficient (Wildman–Crippen LogP) is 2.90. The number of aromatic hydroxyl groups is 1. The summed E-state index contributed by atoms with van der Waals surface area (Å²) in [4.78, 5) is 4.14. The molecule has 3 nitrogen and oxygen atoms in total. The van der Waals surface area contributed by atoms with E-state index in [2.05, 4.69) is 4.98 Å². The van der Waals surface area contributed by atoms with Crippen molar-refractivity contribution in [2.45, 2.75) is 20.8 Å². The molecular weight excluding hydrogens is 224 g/mol. The van der Waals surface area contributed by atoms with Gasteiger partial charge in [-0.3, -0.25) is 4.98 Å². The summed E-state index contributed by atoms with van der Waals surface area (Å²) in [5, 5.41) is 9.89. The van der Waals surface area contributed by atoms with Crippen molar-refractivity contribution in [1.82, 2.24) is 4.98 Å². The number of hydrogen-bond acceptors (Lipinski definition) is 3. The Morgan fingerprint density at radius 2 is 2.00 bits per heavy atom. The molecule has 0 aliphatic carbocycles. The van der Waals surface area contributed by atoms with Gasteiger partial charge in [-0.25, -0.2) is 0 Å². The molecule has 0 atom stereocenters. The molecule has 0 spiro atoms. The van der Waals surface area contributed by atoms with E-state index in [0.717, 1.165) is 28.7 Å². The number of phenols is 1. The van der Waals surface area contributed by atoms with Crippen LogP contribution in [0, 0.1) is 6.92 Å². The van der Waals surface area contributed by atoms with E-state index in [1.54, 1.807) is 18.5 Å². The third-order valence-electron chi connectivity index (χ3n) is 2.68. The summed E-state index contributed by atoms with van der Waals surface area (Å²) in [6.45, 7) is 2.59. The normalized spacial score (nSPS) is 9.89. The second-order valence-electron chi connectivity index (χ2n) is 4.14. The number of pyridine rings is 1. The lowest BCUT2D eigenvalue weighted by Crippen LogP contribution is -2.02. The summed E-state index contributed by atoms with van der Waals surface area (Å²) in [6, 6.07) is 7.59. The first-order valence-electron chi connectivity index (χ1n) is 5.64. The van der Waals surface area contributed by atoms with Crippen LogP contribution in [0.1, 0.15) is 18.6 Å². The highest BCUT2D eigenvalue weighted by atomic mass is 16.3. The Kier molecular flexibility index (Phi) is 4.86. The summed E-state index contributed by atoms with van der Waals surface area (Å²) in [6.07, 6.45) is 4.37. The van der Waals surface area contributed by atoms with E-state index in [1.807, 2.05) is 25.1 Å². The SMILES string of the molecule is C.Cc1cncc(-c2cc(CCN)ccc2O)c1. The lowest BCUT2D eigenvalue weighted by Gasteiger charge is -2.08. The minimum absolute atomic E-state index is 0. The second kappa shape index (κ2) is 6.17. The predicted molar refractivity (Wildman–Crippen MR) is 75.6 cm³/mol. The van der Waals surface area contributed by atoms with Crippen molar-refractivity contribution in [1.29, 1.82) is 0 Å². The highest BCUT2D eigenvalue weighted by molar-refractivity contribution is 5.70. The highest BCUT2D eigenvalue weighted by Gasteiger charge is 2.06. The zero-order valence-corrected chi connectivity index (χ0v) is 9.85. The molecule has 2 aromatic rings. The Balaban J connectivity index is 0.00000162. The Morgan fingerprint density at radius 3 is 2.67 bits per heavy atom. The Labute approximate surface area is 108 Å². The van der Waals surface area contributed by atoms with Crippen LogP contribution < -0.4 is 5.73 Å². The molecule has 0 saturated heterocycles. The fraction of sp³-hybridized carbons (Fsp3) is 0.267. The highest BCUT2D eigenvalue weighted by Crippen LogP contribution is 2.30. The van der Waals surface area contributed by atoms with Crippen molar-refractivity contribution in [2.75, 3.05) is 6.54 Å². The van der Waals surface area contributed by atoms with Gasteiger partial charge < -0.3 is 10.8 Å². The minimum atomic E-state index is 0. The number of benzene rings is 1. The van der Waals surface area contributed by atoms with Crippen molar-refractivity contribution < 1.29 is 5.11 Å². The summed E-state index contributed by atoms with van der Waals surface area (Å²) in [7, 11) is 0. The summed E-state index contributed by atoms with van der Waals surface area (Å²) in [5.41, 5.74) is 9.48. The molecule has 18 heavy (non-hydrogen) atoms. The maximum Gasteiger partial charge on any atom is 0.123 e. The molecule has 1 aromatic carbocycles. The number of phenolic OH excluding ortho intramolecular Hbond substituents is 1. The molecule has 1 aromatic heterocycles. The zero-order chi connectivity index (χ0) is 12.3. The van der Waals surface area contributed by atoms with Gasteiger partial charge in [0, 0.05) is 23.5 Å². The van der Waals surface area contributed by atoms with E-state index in [0.29, 0.717) is 6.54 Å². The molecule has 0 unspecified atom stereocenters. The van der Waals surface area contributed by atoms with Gasteiger partial charge in [0.2, 0.25) is 0 Å². The van der Waals surface area contributed by atoms with Crippen molar-refractivity contribution in [2.24, 2.45) is 5.73 Å². The fourth-order valence-corrected chi connectivity index (χ4v) is 1.84. The van der Waals surface area contributed by atoms with Crippen LogP contribution in [-0.4, -0.2) is 16.6 Å². The van der Waals surface area contributed by atoms with Crippen LogP contribution in [0.2, 0.25) is 0 Å². The molecule has 0 aliphatic rings. The largest absolute Gasteiger partial charge is 0.507 e. The molecule has 0 saturated carbocycles. The van der Waals surface area contributed by atoms with Crippen molar-refractivity contribution in [3.63, 3.8) is 0 Å². The molecule has 0 fully saturated rings. The molecule has 1 heterocycles. The van der Waals surface area contributed by atoms with Crippen LogP contribution in [0.3, 0.4) is 0 Å². The van der Waals surface area contributed by atoms with Gasteiger partial charge in [-0.2, -0.15) is 0 Å². The van der Waals surface area contributed by atoms with Gasteiger partial charge >= 0.3 is 0 Å². The molecule has 2 rings (SSSR count). The molecule has 0 amide bonds. The van der Waals surface area contributed by atoms with E-state index in [4.69, 9.17) is 5.73 Å². The third kappa shape index (κ3) is 3.08. The van der Waals surface area contributed by atoms with Crippen molar-refractivity contribution >= 4 is 0 Å². The average molecular weight is 244 g/mol. The van der Waals surface area contributed by atoms with Crippen LogP contribution >= 0.6 is 0 Å². The second-order valence-corrected chi connectivity index (χ2v) is 4.14. The van der Waals surface area contributed by atoms with E-state index in [9.17, 15) is 5.11 Å². The van der Waals surface area contributed by atoms with E-state index >= 15 is 0 Å². The van der Waals surface area contributed by atoms with Crippen LogP contribution in [0.4, 0.5) is 0 Å². The third-order valence-corrected chi connectivity index (χ3v) is 2.68. The number of rotatable bonds is 3. The number of aryl methyl sites for hydroxylation is 1. The standard InChI is InChI=1S/C14H16N2O.CH4/c1-10-6-12(9-16-8-10)13-7-11(4-5-15)2-3-14(13)17;/h2-3,6-9,17H,4-5,15H2,1H3;1H4. The quantitative estimate of drug-likeness (QED) is 0.872. The van der Waals surface area contributed by atoms with Gasteiger partial charge in [-0.05, 0) is 49.2 Å². The van der Waals surface area contributed by atoms with E-state index in [-0.39, 0.29) is 13.2 Å². The van der Waals surface area contributed by atoms with Gasteiger partial charge in [-0.1, -0.05) is 13.5 Å². The number of nitrogens with two attached hydrogens (primary N) is 1. The molecule has 0 radical (unpaired) electrons.